The Balaban J connectivity index is 1.79. The summed E-state index contributed by atoms with van der Waals surface area (Å²) in [5.74, 6) is -1.85. The molecular weight excluding hydrogens is 664 g/mol. The number of nitrogens with one attached hydrogen (secondary N) is 4. The molecule has 3 heterocycles. The number of carbonyl (C=O) groups is 5. The molecule has 19 nitrogen and oxygen atoms in total. The average molecular weight is 709 g/mol. The first-order valence-corrected chi connectivity index (χ1v) is 16.1. The van der Waals surface area contributed by atoms with Gasteiger partial charge in [-0.15, -0.1) is 16.4 Å². The highest BCUT2D eigenvalue weighted by Gasteiger charge is 2.42. The van der Waals surface area contributed by atoms with Crippen LogP contribution in [0.1, 0.15) is 87.7 Å². The molecule has 4 N–H and O–H groups in total. The first-order valence-electron chi connectivity index (χ1n) is 15.2. The lowest BCUT2D eigenvalue weighted by Gasteiger charge is -2.36. The van der Waals surface area contributed by atoms with Gasteiger partial charge in [0.25, 0.3) is 5.91 Å². The van der Waals surface area contributed by atoms with Gasteiger partial charge in [-0.2, -0.15) is 0 Å². The van der Waals surface area contributed by atoms with Gasteiger partial charge in [-0.05, 0) is 86.6 Å². The minimum Gasteiger partial charge on any atom is -0.457 e. The van der Waals surface area contributed by atoms with Crippen molar-refractivity contribution in [3.05, 3.63) is 16.9 Å². The Morgan fingerprint density at radius 1 is 0.939 bits per heavy atom. The second-order valence-corrected chi connectivity index (χ2v) is 15.3. The third-order valence-corrected chi connectivity index (χ3v) is 6.65. The van der Waals surface area contributed by atoms with E-state index in [4.69, 9.17) is 19.0 Å². The third-order valence-electron chi connectivity index (χ3n) is 5.89. The average Bonchev–Trinajstić information content (AvgIpc) is 3.56. The Bertz CT molecular complexity index is 1580. The van der Waals surface area contributed by atoms with E-state index in [9.17, 15) is 24.0 Å². The van der Waals surface area contributed by atoms with Gasteiger partial charge < -0.3 is 35.0 Å². The van der Waals surface area contributed by atoms with Crippen molar-refractivity contribution in [3.63, 3.8) is 0 Å². The summed E-state index contributed by atoms with van der Waals surface area (Å²) in [5.41, 5.74) is -4.35. The van der Waals surface area contributed by atoms with Crippen LogP contribution >= 0.6 is 11.3 Å². The fraction of sp³-hybridized carbons (Fsp3) is 0.655. The van der Waals surface area contributed by atoms with Gasteiger partial charge in [0, 0.05) is 5.38 Å². The smallest absolute Gasteiger partial charge is 0.413 e. The minimum absolute atomic E-state index is 0.0270. The SMILES string of the molecule is CC(C)(C)OC(=O)NCc1nnnn1C[C@H]1NC(=O)[C@H]1NC(=O)/C(=N/OC(C)(C)C(=O)OC(C)(C)C)c1csc(NC(=O)OC(C)(C)C)n1. The number of oxime groups is 1. The van der Waals surface area contributed by atoms with E-state index in [-0.39, 0.29) is 29.7 Å². The molecule has 2 aromatic heterocycles. The number of hydrogen-bond donors (Lipinski definition) is 4. The molecule has 4 amide bonds. The van der Waals surface area contributed by atoms with Crippen molar-refractivity contribution in [1.29, 1.82) is 0 Å². The zero-order valence-electron chi connectivity index (χ0n) is 29.4. The number of hydrogen-bond acceptors (Lipinski definition) is 15. The van der Waals surface area contributed by atoms with Gasteiger partial charge >= 0.3 is 18.2 Å². The molecule has 49 heavy (non-hydrogen) atoms. The lowest BCUT2D eigenvalue weighted by molar-refractivity contribution is -0.179. The molecule has 0 saturated carbocycles. The molecule has 1 fully saturated rings. The third kappa shape index (κ3) is 11.9. The summed E-state index contributed by atoms with van der Waals surface area (Å²) in [5, 5.41) is 27.3. The van der Waals surface area contributed by atoms with Crippen LogP contribution in [0.5, 0.6) is 0 Å². The molecule has 0 unspecified atom stereocenters. The lowest BCUT2D eigenvalue weighted by Crippen LogP contribution is -2.70. The summed E-state index contributed by atoms with van der Waals surface area (Å²) >= 11 is 0.976. The molecule has 1 aliphatic rings. The number of ether oxygens (including phenoxy) is 3. The molecule has 2 aromatic rings. The van der Waals surface area contributed by atoms with Crippen molar-refractivity contribution >= 4 is 52.2 Å². The first-order chi connectivity index (χ1) is 22.4. The molecule has 0 bridgehead atoms. The number of nitrogens with zero attached hydrogens (tertiary/aromatic N) is 6. The number of alkyl carbamates (subject to hydrolysis) is 1. The van der Waals surface area contributed by atoms with E-state index < -0.39 is 70.2 Å². The van der Waals surface area contributed by atoms with Crippen LogP contribution in [0.2, 0.25) is 0 Å². The monoisotopic (exact) mass is 708 g/mol. The Hall–Kier alpha value is -4.88. The number of tetrazole rings is 1. The summed E-state index contributed by atoms with van der Waals surface area (Å²) in [6.45, 7) is 18.1. The zero-order valence-corrected chi connectivity index (χ0v) is 30.2. The molecular formula is C29H44N10O9S. The van der Waals surface area contributed by atoms with Gasteiger partial charge in [-0.1, -0.05) is 5.16 Å². The van der Waals surface area contributed by atoms with Gasteiger partial charge in [0.2, 0.25) is 11.5 Å². The highest BCUT2D eigenvalue weighted by Crippen LogP contribution is 2.21. The Kier molecular flexibility index (Phi) is 11.6. The van der Waals surface area contributed by atoms with Crippen LogP contribution in [0.3, 0.4) is 0 Å². The summed E-state index contributed by atoms with van der Waals surface area (Å²) in [7, 11) is 0. The fourth-order valence-electron chi connectivity index (χ4n) is 3.75. The standard InChI is InChI=1S/C29H44N10O9S/c1-26(2,3)45-22(42)29(10,11)48-36-19(16-14-49-23(32-16)34-25(44)47-28(7,8)9)21(41)33-18-15(31-20(18)40)13-39-17(35-37-38-39)12-30-24(43)46-27(4,5)6/h14-15,18H,12-13H2,1-11H3,(H,30,43)(H,31,40)(H,33,41)(H,32,34,44)/b36-19+/t15-,18+/m1/s1. The molecule has 0 aliphatic carbocycles. The first kappa shape index (κ1) is 38.6. The summed E-state index contributed by atoms with van der Waals surface area (Å²) in [6.07, 6.45) is -1.43. The van der Waals surface area contributed by atoms with Crippen LogP contribution in [-0.4, -0.2) is 95.4 Å². The number of β-lactam (4-membered cyclic amide) rings is 1. The highest BCUT2D eigenvalue weighted by molar-refractivity contribution is 7.14. The largest absolute Gasteiger partial charge is 0.457 e. The maximum absolute atomic E-state index is 13.7. The molecule has 2 atom stereocenters. The summed E-state index contributed by atoms with van der Waals surface area (Å²) in [4.78, 5) is 73.2. The molecule has 0 aromatic carbocycles. The number of rotatable bonds is 11. The molecule has 0 radical (unpaired) electrons. The predicted octanol–water partition coefficient (Wildman–Crippen LogP) is 2.03. The Morgan fingerprint density at radius 3 is 2.14 bits per heavy atom. The molecule has 1 aliphatic heterocycles. The Labute approximate surface area is 287 Å². The number of esters is 1. The highest BCUT2D eigenvalue weighted by atomic mass is 32.1. The lowest BCUT2D eigenvalue weighted by atomic mass is 9.98. The minimum atomic E-state index is -1.63. The number of aromatic nitrogens is 5. The molecule has 3 rings (SSSR count). The van der Waals surface area contributed by atoms with Gasteiger partial charge in [-0.3, -0.25) is 14.9 Å². The van der Waals surface area contributed by atoms with Crippen LogP contribution in [0.4, 0.5) is 14.7 Å². The van der Waals surface area contributed by atoms with E-state index in [0.717, 1.165) is 11.3 Å². The topological polar surface area (TPSA) is 239 Å². The van der Waals surface area contributed by atoms with Crippen LogP contribution in [-0.2, 0) is 46.5 Å². The van der Waals surface area contributed by atoms with Gasteiger partial charge in [0.1, 0.15) is 28.5 Å². The number of carbonyl (C=O) groups excluding carboxylic acids is 5. The van der Waals surface area contributed by atoms with Gasteiger partial charge in [0.05, 0.1) is 19.1 Å². The molecule has 0 spiro atoms. The maximum Gasteiger partial charge on any atom is 0.413 e. The molecule has 270 valence electrons. The van der Waals surface area contributed by atoms with Crippen LogP contribution in [0.25, 0.3) is 0 Å². The van der Waals surface area contributed by atoms with Crippen molar-refractivity contribution in [2.75, 3.05) is 5.32 Å². The van der Waals surface area contributed by atoms with Crippen molar-refractivity contribution in [2.45, 2.75) is 124 Å². The van der Waals surface area contributed by atoms with E-state index in [1.54, 1.807) is 62.3 Å². The van der Waals surface area contributed by atoms with Gasteiger partial charge in [0.15, 0.2) is 16.7 Å². The van der Waals surface area contributed by atoms with E-state index in [1.165, 1.54) is 23.9 Å². The number of anilines is 1. The maximum atomic E-state index is 13.7. The summed E-state index contributed by atoms with van der Waals surface area (Å²) in [6, 6.07) is -1.73. The predicted molar refractivity (Wildman–Crippen MR) is 174 cm³/mol. The van der Waals surface area contributed by atoms with E-state index in [2.05, 4.69) is 46.9 Å². The van der Waals surface area contributed by atoms with Crippen LogP contribution < -0.4 is 21.3 Å². The zero-order chi connectivity index (χ0) is 36.9. The quantitative estimate of drug-likeness (QED) is 0.0860. The van der Waals surface area contributed by atoms with Crippen molar-refractivity contribution < 1.29 is 43.0 Å². The van der Waals surface area contributed by atoms with E-state index >= 15 is 0 Å². The van der Waals surface area contributed by atoms with Crippen molar-refractivity contribution in [3.8, 4) is 0 Å². The number of thiazole rings is 1. The van der Waals surface area contributed by atoms with Crippen LogP contribution in [0.15, 0.2) is 10.5 Å². The van der Waals surface area contributed by atoms with E-state index in [1.807, 2.05) is 0 Å². The van der Waals surface area contributed by atoms with Gasteiger partial charge in [-0.25, -0.2) is 24.0 Å². The van der Waals surface area contributed by atoms with Crippen molar-refractivity contribution in [1.82, 2.24) is 41.1 Å². The van der Waals surface area contributed by atoms with Crippen LogP contribution in [0, 0.1) is 0 Å². The van der Waals surface area contributed by atoms with E-state index in [0.29, 0.717) is 0 Å². The van der Waals surface area contributed by atoms with Crippen molar-refractivity contribution in [2.24, 2.45) is 5.16 Å². The summed E-state index contributed by atoms with van der Waals surface area (Å²) < 4.78 is 17.3. The second-order valence-electron chi connectivity index (χ2n) is 14.4. The Morgan fingerprint density at radius 2 is 1.55 bits per heavy atom. The number of amides is 4. The second kappa shape index (κ2) is 14.7. The molecule has 20 heteroatoms. The molecule has 1 saturated heterocycles. The fourth-order valence-corrected chi connectivity index (χ4v) is 4.43. The normalized spacial score (nSPS) is 16.9.